The first-order valence-electron chi connectivity index (χ1n) is 9.63. The number of hydrogen-bond acceptors (Lipinski definition) is 4. The number of alkyl halides is 3. The number of anilines is 1. The van der Waals surface area contributed by atoms with E-state index in [4.69, 9.17) is 21.6 Å². The molecule has 0 saturated carbocycles. The maximum absolute atomic E-state index is 13.7. The normalized spacial score (nSPS) is 17.5. The van der Waals surface area contributed by atoms with E-state index in [-0.39, 0.29) is 28.5 Å². The summed E-state index contributed by atoms with van der Waals surface area (Å²) < 4.78 is 46.2. The van der Waals surface area contributed by atoms with Gasteiger partial charge in [-0.25, -0.2) is 0 Å². The molecule has 2 atom stereocenters. The van der Waals surface area contributed by atoms with E-state index in [1.807, 2.05) is 6.07 Å². The van der Waals surface area contributed by atoms with Crippen molar-refractivity contribution in [2.75, 3.05) is 32.1 Å². The van der Waals surface area contributed by atoms with Gasteiger partial charge in [0.05, 0.1) is 28.8 Å². The lowest BCUT2D eigenvalue weighted by Crippen LogP contribution is -2.30. The number of carbonyl (C=O) groups excluding carboxylic acids is 1. The first kappa shape index (κ1) is 22.9. The van der Waals surface area contributed by atoms with E-state index < -0.39 is 23.7 Å². The molecule has 1 unspecified atom stereocenters. The Labute approximate surface area is 183 Å². The van der Waals surface area contributed by atoms with Crippen LogP contribution in [0.5, 0.6) is 0 Å². The highest BCUT2D eigenvalue weighted by Crippen LogP contribution is 2.41. The summed E-state index contributed by atoms with van der Waals surface area (Å²) in [6, 6.07) is 11.1. The molecule has 2 aromatic rings. The molecule has 5 nitrogen and oxygen atoms in total. The molecule has 0 bridgehead atoms. The molecule has 31 heavy (non-hydrogen) atoms. The molecule has 3 rings (SSSR count). The molecule has 0 aliphatic carbocycles. The average Bonchev–Trinajstić information content (AvgIpc) is 3.10. The molecule has 1 N–H and O–H groups in total. The van der Waals surface area contributed by atoms with Crippen LogP contribution in [0, 0.1) is 17.2 Å². The maximum Gasteiger partial charge on any atom is 0.416 e. The smallest absolute Gasteiger partial charge is 0.383 e. The number of hydrogen-bond donors (Lipinski definition) is 1. The van der Waals surface area contributed by atoms with Gasteiger partial charge in [0.2, 0.25) is 5.91 Å². The number of benzene rings is 2. The van der Waals surface area contributed by atoms with Crippen LogP contribution in [0.4, 0.5) is 18.9 Å². The number of likely N-dealkylation sites (tertiary alicyclic amines) is 1. The lowest BCUT2D eigenvalue weighted by molar-refractivity contribution is -0.138. The Morgan fingerprint density at radius 2 is 2.06 bits per heavy atom. The second-order valence-corrected chi connectivity index (χ2v) is 7.72. The summed E-state index contributed by atoms with van der Waals surface area (Å²) in [7, 11) is 1.52. The highest BCUT2D eigenvalue weighted by Gasteiger charge is 2.40. The number of nitrogens with one attached hydrogen (secondary N) is 1. The minimum absolute atomic E-state index is 0.0573. The topological polar surface area (TPSA) is 65.4 Å². The number of methoxy groups -OCH3 is 1. The Kier molecular flexibility index (Phi) is 7.08. The number of nitriles is 1. The molecule has 1 saturated heterocycles. The van der Waals surface area contributed by atoms with E-state index in [9.17, 15) is 18.0 Å². The summed E-state index contributed by atoms with van der Waals surface area (Å²) in [5.41, 5.74) is 0.0342. The van der Waals surface area contributed by atoms with Gasteiger partial charge in [-0.2, -0.15) is 18.4 Å². The van der Waals surface area contributed by atoms with Crippen LogP contribution in [0.3, 0.4) is 0 Å². The molecule has 1 aliphatic rings. The maximum atomic E-state index is 13.7. The molecule has 0 spiro atoms. The van der Waals surface area contributed by atoms with Gasteiger partial charge in [0.25, 0.3) is 0 Å². The van der Waals surface area contributed by atoms with Gasteiger partial charge in [0, 0.05) is 38.2 Å². The molecular weight excluding hydrogens is 431 g/mol. The third-order valence-corrected chi connectivity index (χ3v) is 5.61. The van der Waals surface area contributed by atoms with Crippen molar-refractivity contribution in [3.8, 4) is 6.07 Å². The monoisotopic (exact) mass is 451 g/mol. The quantitative estimate of drug-likeness (QED) is 0.651. The molecule has 1 amide bonds. The van der Waals surface area contributed by atoms with Gasteiger partial charge in [-0.15, -0.1) is 0 Å². The van der Waals surface area contributed by atoms with Crippen molar-refractivity contribution < 1.29 is 22.7 Å². The highest BCUT2D eigenvalue weighted by molar-refractivity contribution is 6.32. The van der Waals surface area contributed by atoms with Crippen molar-refractivity contribution in [2.45, 2.75) is 18.6 Å². The Morgan fingerprint density at radius 1 is 1.32 bits per heavy atom. The van der Waals surface area contributed by atoms with Crippen LogP contribution in [0.2, 0.25) is 5.02 Å². The van der Waals surface area contributed by atoms with Crippen LogP contribution >= 0.6 is 11.6 Å². The van der Waals surface area contributed by atoms with Crippen LogP contribution < -0.4 is 5.32 Å². The Morgan fingerprint density at radius 3 is 2.71 bits per heavy atom. The Bertz CT molecular complexity index is 991. The Balaban J connectivity index is 1.99. The van der Waals surface area contributed by atoms with Gasteiger partial charge in [-0.3, -0.25) is 4.79 Å². The summed E-state index contributed by atoms with van der Waals surface area (Å²) >= 11 is 6.11. The zero-order chi connectivity index (χ0) is 22.6. The molecule has 0 radical (unpaired) electrons. The summed E-state index contributed by atoms with van der Waals surface area (Å²) in [5, 5.41) is 12.4. The van der Waals surface area contributed by atoms with Gasteiger partial charge < -0.3 is 15.0 Å². The third-order valence-electron chi connectivity index (χ3n) is 5.29. The lowest BCUT2D eigenvalue weighted by Gasteiger charge is -2.29. The minimum Gasteiger partial charge on any atom is -0.383 e. The molecule has 164 valence electrons. The summed E-state index contributed by atoms with van der Waals surface area (Å²) in [4.78, 5) is 14.1. The van der Waals surface area contributed by atoms with Gasteiger partial charge in [0.15, 0.2) is 0 Å². The second-order valence-electron chi connectivity index (χ2n) is 7.31. The SMILES string of the molecule is COCCN1C[C@@H](C(Nc2ccc(C#N)c(Cl)c2)c2ccccc2C(F)(F)F)CC1=O. The van der Waals surface area contributed by atoms with Gasteiger partial charge >= 0.3 is 6.18 Å². The summed E-state index contributed by atoms with van der Waals surface area (Å²) in [6.07, 6.45) is -4.44. The van der Waals surface area contributed by atoms with Crippen LogP contribution in [-0.2, 0) is 15.7 Å². The van der Waals surface area contributed by atoms with Crippen molar-refractivity contribution >= 4 is 23.2 Å². The molecular formula is C22H21ClF3N3O2. The number of amides is 1. The van der Waals surface area contributed by atoms with Crippen molar-refractivity contribution in [1.82, 2.24) is 4.90 Å². The molecule has 1 heterocycles. The zero-order valence-corrected chi connectivity index (χ0v) is 17.5. The average molecular weight is 452 g/mol. The van der Waals surface area contributed by atoms with E-state index >= 15 is 0 Å². The predicted molar refractivity (Wildman–Crippen MR) is 111 cm³/mol. The van der Waals surface area contributed by atoms with Crippen molar-refractivity contribution in [3.05, 3.63) is 64.2 Å². The lowest BCUT2D eigenvalue weighted by atomic mass is 9.88. The second kappa shape index (κ2) is 9.58. The fraction of sp³-hybridized carbons (Fsp3) is 0.364. The molecule has 2 aromatic carbocycles. The Hall–Kier alpha value is -2.76. The first-order valence-corrected chi connectivity index (χ1v) is 10.0. The van der Waals surface area contributed by atoms with Gasteiger partial charge in [0.1, 0.15) is 6.07 Å². The van der Waals surface area contributed by atoms with E-state index in [2.05, 4.69) is 5.32 Å². The first-order chi connectivity index (χ1) is 14.7. The molecule has 1 fully saturated rings. The van der Waals surface area contributed by atoms with Crippen LogP contribution in [0.15, 0.2) is 42.5 Å². The third kappa shape index (κ3) is 5.30. The number of ether oxygens (including phenoxy) is 1. The van der Waals surface area contributed by atoms with Crippen LogP contribution in [0.1, 0.15) is 29.2 Å². The van der Waals surface area contributed by atoms with E-state index in [0.29, 0.717) is 25.4 Å². The van der Waals surface area contributed by atoms with E-state index in [0.717, 1.165) is 6.07 Å². The number of nitrogens with zero attached hydrogens (tertiary/aromatic N) is 2. The molecule has 1 aliphatic heterocycles. The van der Waals surface area contributed by atoms with Gasteiger partial charge in [-0.05, 0) is 29.8 Å². The van der Waals surface area contributed by atoms with Crippen molar-refractivity contribution in [1.29, 1.82) is 5.26 Å². The highest BCUT2D eigenvalue weighted by atomic mass is 35.5. The summed E-state index contributed by atoms with van der Waals surface area (Å²) in [6.45, 7) is 1.03. The minimum atomic E-state index is -4.54. The van der Waals surface area contributed by atoms with Crippen LogP contribution in [0.25, 0.3) is 0 Å². The molecule has 0 aromatic heterocycles. The largest absolute Gasteiger partial charge is 0.416 e. The van der Waals surface area contributed by atoms with E-state index in [1.54, 1.807) is 17.0 Å². The zero-order valence-electron chi connectivity index (χ0n) is 16.7. The summed E-state index contributed by atoms with van der Waals surface area (Å²) in [5.74, 6) is -0.529. The fourth-order valence-electron chi connectivity index (χ4n) is 3.79. The number of carbonyl (C=O) groups is 1. The standard InChI is InChI=1S/C22H21ClF3N3O2/c1-31-9-8-29-13-15(10-20(29)30)21(17-4-2-3-5-18(17)22(24,25)26)28-16-7-6-14(12-27)19(23)11-16/h2-7,11,15,21,28H,8-10,13H2,1H3/t15-,21?/m0/s1. The predicted octanol–water partition coefficient (Wildman–Crippen LogP) is 4.88. The van der Waals surface area contributed by atoms with Crippen molar-refractivity contribution in [2.24, 2.45) is 5.92 Å². The van der Waals surface area contributed by atoms with Gasteiger partial charge in [-0.1, -0.05) is 29.8 Å². The molecule has 9 heteroatoms. The number of rotatable bonds is 7. The number of halogens is 4. The van der Waals surface area contributed by atoms with E-state index in [1.165, 1.54) is 31.4 Å². The van der Waals surface area contributed by atoms with Crippen molar-refractivity contribution in [3.63, 3.8) is 0 Å². The fourth-order valence-corrected chi connectivity index (χ4v) is 4.02. The van der Waals surface area contributed by atoms with Crippen LogP contribution in [-0.4, -0.2) is 37.6 Å².